The highest BCUT2D eigenvalue weighted by Crippen LogP contribution is 2.18. The molecule has 2 aliphatic heterocycles. The van der Waals surface area contributed by atoms with E-state index in [-0.39, 0.29) is 18.6 Å². The van der Waals surface area contributed by atoms with Crippen molar-refractivity contribution in [2.24, 2.45) is 5.92 Å². The molecule has 0 aromatic heterocycles. The third kappa shape index (κ3) is 6.67. The van der Waals surface area contributed by atoms with Gasteiger partial charge in [-0.15, -0.1) is 0 Å². The third-order valence-electron chi connectivity index (χ3n) is 4.93. The Morgan fingerprint density at radius 3 is 2.92 bits per heavy atom. The molecule has 2 rings (SSSR count). The van der Waals surface area contributed by atoms with E-state index in [1.165, 1.54) is 6.42 Å². The van der Waals surface area contributed by atoms with Crippen molar-refractivity contribution in [1.29, 1.82) is 0 Å². The van der Waals surface area contributed by atoms with E-state index in [4.69, 9.17) is 4.74 Å². The number of carbonyl (C=O) groups is 1. The maximum absolute atomic E-state index is 12.3. The average molecular weight is 341 g/mol. The van der Waals surface area contributed by atoms with Crippen molar-refractivity contribution in [3.8, 4) is 0 Å². The largest absolute Gasteiger partial charge is 0.396 e. The molecule has 0 bridgehead atoms. The number of aliphatic hydroxyl groups is 1. The zero-order valence-corrected chi connectivity index (χ0v) is 15.4. The average Bonchev–Trinajstić information content (AvgIpc) is 2.55. The van der Waals surface area contributed by atoms with Gasteiger partial charge in [-0.1, -0.05) is 20.3 Å². The molecule has 6 nitrogen and oxygen atoms in total. The minimum absolute atomic E-state index is 0.0735. The number of rotatable bonds is 8. The molecule has 6 heteroatoms. The maximum atomic E-state index is 12.3. The van der Waals surface area contributed by atoms with Gasteiger partial charge in [-0.05, 0) is 31.7 Å². The van der Waals surface area contributed by atoms with E-state index in [9.17, 15) is 9.90 Å². The molecular weight excluding hydrogens is 306 g/mol. The molecule has 0 radical (unpaired) electrons. The summed E-state index contributed by atoms with van der Waals surface area (Å²) in [5.74, 6) is 0.727. The smallest absolute Gasteiger partial charge is 0.234 e. The predicted octanol–water partition coefficient (Wildman–Crippen LogP) is 0.696. The number of amides is 1. The van der Waals surface area contributed by atoms with Crippen LogP contribution >= 0.6 is 0 Å². The Kier molecular flexibility index (Phi) is 8.45. The Morgan fingerprint density at radius 1 is 1.33 bits per heavy atom. The zero-order valence-electron chi connectivity index (χ0n) is 15.4. The fraction of sp³-hybridized carbons (Fsp3) is 0.944. The number of piperidine rings is 1. The molecule has 2 atom stereocenters. The van der Waals surface area contributed by atoms with Gasteiger partial charge in [-0.2, -0.15) is 0 Å². The molecule has 24 heavy (non-hydrogen) atoms. The third-order valence-corrected chi connectivity index (χ3v) is 4.93. The number of carbonyl (C=O) groups excluding carboxylic acids is 1. The van der Waals surface area contributed by atoms with E-state index in [1.807, 2.05) is 0 Å². The van der Waals surface area contributed by atoms with Crippen LogP contribution in [-0.2, 0) is 9.53 Å². The number of aliphatic hydroxyl groups excluding tert-OH is 1. The molecule has 0 aliphatic carbocycles. The van der Waals surface area contributed by atoms with Gasteiger partial charge < -0.3 is 15.2 Å². The van der Waals surface area contributed by atoms with E-state index < -0.39 is 0 Å². The molecule has 0 aromatic carbocycles. The minimum Gasteiger partial charge on any atom is -0.396 e. The summed E-state index contributed by atoms with van der Waals surface area (Å²) in [4.78, 5) is 16.9. The molecule has 2 unspecified atom stereocenters. The molecule has 2 fully saturated rings. The number of nitrogens with one attached hydrogen (secondary N) is 1. The summed E-state index contributed by atoms with van der Waals surface area (Å²) in [6, 6.07) is 0.349. The van der Waals surface area contributed by atoms with Gasteiger partial charge in [0.2, 0.25) is 5.91 Å². The number of morpholine rings is 1. The van der Waals surface area contributed by atoms with Crippen LogP contribution in [0.15, 0.2) is 0 Å². The first-order valence-corrected chi connectivity index (χ1v) is 9.54. The lowest BCUT2D eigenvalue weighted by Gasteiger charge is -2.36. The Bertz CT molecular complexity index is 377. The first-order valence-electron chi connectivity index (χ1n) is 9.54. The topological polar surface area (TPSA) is 65.0 Å². The lowest BCUT2D eigenvalue weighted by Crippen LogP contribution is -2.50. The van der Waals surface area contributed by atoms with Gasteiger partial charge >= 0.3 is 0 Å². The number of nitrogens with zero attached hydrogens (tertiary/aromatic N) is 2. The summed E-state index contributed by atoms with van der Waals surface area (Å²) >= 11 is 0. The molecule has 2 aliphatic rings. The van der Waals surface area contributed by atoms with Crippen LogP contribution in [0.4, 0.5) is 0 Å². The van der Waals surface area contributed by atoms with Gasteiger partial charge in [0.1, 0.15) is 0 Å². The molecule has 2 N–H and O–H groups in total. The van der Waals surface area contributed by atoms with Crippen LogP contribution in [0.25, 0.3) is 0 Å². The lowest BCUT2D eigenvalue weighted by atomic mass is 10.00. The Labute approximate surface area is 146 Å². The van der Waals surface area contributed by atoms with Crippen LogP contribution in [0, 0.1) is 5.92 Å². The van der Waals surface area contributed by atoms with Gasteiger partial charge in [-0.3, -0.25) is 14.6 Å². The van der Waals surface area contributed by atoms with Crippen molar-refractivity contribution >= 4 is 5.91 Å². The van der Waals surface area contributed by atoms with Gasteiger partial charge in [0.15, 0.2) is 0 Å². The zero-order chi connectivity index (χ0) is 17.4. The SMILES string of the molecule is CC(C)CN1CCOC(CNC(=O)CN2CCCCC2CCO)C1. The Hall–Kier alpha value is -0.690. The van der Waals surface area contributed by atoms with E-state index in [0.717, 1.165) is 52.0 Å². The summed E-state index contributed by atoms with van der Waals surface area (Å²) in [5.41, 5.74) is 0. The van der Waals surface area contributed by atoms with Crippen molar-refractivity contribution in [3.63, 3.8) is 0 Å². The summed E-state index contributed by atoms with van der Waals surface area (Å²) in [7, 11) is 0. The normalized spacial score (nSPS) is 26.7. The Balaban J connectivity index is 1.70. The molecule has 0 saturated carbocycles. The van der Waals surface area contributed by atoms with E-state index >= 15 is 0 Å². The number of ether oxygens (including phenoxy) is 1. The first kappa shape index (κ1) is 19.6. The fourth-order valence-corrected chi connectivity index (χ4v) is 3.80. The quantitative estimate of drug-likeness (QED) is 0.680. The second kappa shape index (κ2) is 10.3. The van der Waals surface area contributed by atoms with Crippen LogP contribution in [-0.4, -0.2) is 85.4 Å². The van der Waals surface area contributed by atoms with Crippen molar-refractivity contribution in [2.45, 2.75) is 51.7 Å². The van der Waals surface area contributed by atoms with Crippen LogP contribution < -0.4 is 5.32 Å². The van der Waals surface area contributed by atoms with Gasteiger partial charge in [0.25, 0.3) is 0 Å². The van der Waals surface area contributed by atoms with E-state index in [0.29, 0.717) is 25.0 Å². The molecule has 2 saturated heterocycles. The molecular formula is C18H35N3O3. The van der Waals surface area contributed by atoms with Crippen LogP contribution in [0.5, 0.6) is 0 Å². The van der Waals surface area contributed by atoms with Crippen molar-refractivity contribution in [2.75, 3.05) is 52.5 Å². The highest BCUT2D eigenvalue weighted by molar-refractivity contribution is 5.78. The highest BCUT2D eigenvalue weighted by Gasteiger charge is 2.25. The van der Waals surface area contributed by atoms with Gasteiger partial charge in [0, 0.05) is 38.8 Å². The summed E-state index contributed by atoms with van der Waals surface area (Å²) in [5, 5.41) is 12.2. The monoisotopic (exact) mass is 341 g/mol. The Morgan fingerprint density at radius 2 is 2.17 bits per heavy atom. The number of hydrogen-bond donors (Lipinski definition) is 2. The summed E-state index contributed by atoms with van der Waals surface area (Å²) in [6.07, 6.45) is 4.29. The second-order valence-corrected chi connectivity index (χ2v) is 7.58. The fourth-order valence-electron chi connectivity index (χ4n) is 3.80. The minimum atomic E-state index is 0.0735. The first-order chi connectivity index (χ1) is 11.6. The molecule has 2 heterocycles. The van der Waals surface area contributed by atoms with Gasteiger partial charge in [-0.25, -0.2) is 0 Å². The maximum Gasteiger partial charge on any atom is 0.234 e. The highest BCUT2D eigenvalue weighted by atomic mass is 16.5. The number of likely N-dealkylation sites (tertiary alicyclic amines) is 1. The molecule has 140 valence electrons. The predicted molar refractivity (Wildman–Crippen MR) is 94.9 cm³/mol. The lowest BCUT2D eigenvalue weighted by molar-refractivity contribution is -0.124. The van der Waals surface area contributed by atoms with E-state index in [2.05, 4.69) is 29.0 Å². The van der Waals surface area contributed by atoms with Crippen molar-refractivity contribution in [3.05, 3.63) is 0 Å². The van der Waals surface area contributed by atoms with Crippen molar-refractivity contribution in [1.82, 2.24) is 15.1 Å². The molecule has 0 aromatic rings. The molecule has 0 spiro atoms. The van der Waals surface area contributed by atoms with Crippen molar-refractivity contribution < 1.29 is 14.6 Å². The summed E-state index contributed by atoms with van der Waals surface area (Å²) in [6.45, 7) is 10.4. The second-order valence-electron chi connectivity index (χ2n) is 7.58. The standard InChI is InChI=1S/C18H35N3O3/c1-15(2)12-20-8-10-24-17(13-20)11-19-18(23)14-21-7-4-3-5-16(21)6-9-22/h15-17,22H,3-14H2,1-2H3,(H,19,23). The molecule has 1 amide bonds. The van der Waals surface area contributed by atoms with Crippen LogP contribution in [0.1, 0.15) is 39.5 Å². The van der Waals surface area contributed by atoms with Crippen LogP contribution in [0.2, 0.25) is 0 Å². The van der Waals surface area contributed by atoms with Gasteiger partial charge in [0.05, 0.1) is 19.3 Å². The van der Waals surface area contributed by atoms with Crippen LogP contribution in [0.3, 0.4) is 0 Å². The van der Waals surface area contributed by atoms with E-state index in [1.54, 1.807) is 0 Å². The summed E-state index contributed by atoms with van der Waals surface area (Å²) < 4.78 is 5.79. The number of hydrogen-bond acceptors (Lipinski definition) is 5.